The van der Waals surface area contributed by atoms with Crippen LogP contribution in [0.4, 0.5) is 15.8 Å². The van der Waals surface area contributed by atoms with Gasteiger partial charge < -0.3 is 0 Å². The predicted octanol–water partition coefficient (Wildman–Crippen LogP) is 3.78. The summed E-state index contributed by atoms with van der Waals surface area (Å²) in [7, 11) is -4.19. The van der Waals surface area contributed by atoms with Gasteiger partial charge in [-0.3, -0.25) is 19.2 Å². The zero-order valence-corrected chi connectivity index (χ0v) is 19.1. The van der Waals surface area contributed by atoms with E-state index in [4.69, 9.17) is 0 Å². The van der Waals surface area contributed by atoms with E-state index in [1.165, 1.54) is 24.3 Å². The Bertz CT molecular complexity index is 1320. The zero-order valence-electron chi connectivity index (χ0n) is 18.3. The number of rotatable bonds is 8. The number of carbonyl (C=O) groups excluding carboxylic acids is 1. The molecule has 0 aromatic heterocycles. The molecular weight excluding hydrogens is 463 g/mol. The Labute approximate surface area is 195 Å². The van der Waals surface area contributed by atoms with Gasteiger partial charge in [-0.15, -0.1) is 0 Å². The Morgan fingerprint density at radius 2 is 1.62 bits per heavy atom. The number of nitro groups is 1. The molecule has 0 unspecified atom stereocenters. The van der Waals surface area contributed by atoms with Gasteiger partial charge in [-0.25, -0.2) is 18.2 Å². The maximum Gasteiger partial charge on any atom is 0.269 e. The average Bonchev–Trinajstić information content (AvgIpc) is 2.82. The highest BCUT2D eigenvalue weighted by Gasteiger charge is 2.27. The fraction of sp³-hybridized carbons (Fsp3) is 0.130. The zero-order chi connectivity index (χ0) is 24.9. The summed E-state index contributed by atoms with van der Waals surface area (Å²) in [5.41, 5.74) is 4.29. The third-order valence-electron chi connectivity index (χ3n) is 4.86. The van der Waals surface area contributed by atoms with Crippen molar-refractivity contribution >= 4 is 33.0 Å². The number of aryl methyl sites for hydroxylation is 1. The van der Waals surface area contributed by atoms with E-state index in [-0.39, 0.29) is 16.3 Å². The van der Waals surface area contributed by atoms with Crippen molar-refractivity contribution in [3.8, 4) is 0 Å². The van der Waals surface area contributed by atoms with Crippen LogP contribution in [0.3, 0.4) is 0 Å². The Balaban J connectivity index is 1.83. The van der Waals surface area contributed by atoms with Crippen LogP contribution in [0.15, 0.2) is 82.8 Å². The standard InChI is InChI=1S/C23H21FN4O5S/c1-16-3-9-20(10-4-16)27(34(32,33)22-13-7-19(24)8-14-22)15-23(29)26-25-17(2)18-5-11-21(12-6-18)28(30)31/h3-14H,15H2,1-2H3,(H,26,29)/b25-17-. The van der Waals surface area contributed by atoms with E-state index < -0.39 is 33.2 Å². The summed E-state index contributed by atoms with van der Waals surface area (Å²) in [4.78, 5) is 22.7. The lowest BCUT2D eigenvalue weighted by molar-refractivity contribution is -0.384. The van der Waals surface area contributed by atoms with Crippen molar-refractivity contribution < 1.29 is 22.5 Å². The highest BCUT2D eigenvalue weighted by molar-refractivity contribution is 7.92. The Morgan fingerprint density at radius 1 is 1.03 bits per heavy atom. The Morgan fingerprint density at radius 3 is 2.18 bits per heavy atom. The second kappa shape index (κ2) is 10.2. The van der Waals surface area contributed by atoms with Crippen LogP contribution >= 0.6 is 0 Å². The molecule has 3 aromatic carbocycles. The molecule has 3 aromatic rings. The van der Waals surface area contributed by atoms with Gasteiger partial charge in [0, 0.05) is 12.1 Å². The van der Waals surface area contributed by atoms with Crippen LogP contribution in [0, 0.1) is 22.9 Å². The van der Waals surface area contributed by atoms with Gasteiger partial charge in [-0.1, -0.05) is 17.7 Å². The van der Waals surface area contributed by atoms with Crippen LogP contribution in [0.1, 0.15) is 18.1 Å². The van der Waals surface area contributed by atoms with Crippen molar-refractivity contribution in [1.82, 2.24) is 5.43 Å². The normalized spacial score (nSPS) is 11.7. The minimum Gasteiger partial charge on any atom is -0.271 e. The number of anilines is 1. The molecule has 0 aliphatic heterocycles. The topological polar surface area (TPSA) is 122 Å². The molecule has 0 radical (unpaired) electrons. The number of nitrogens with one attached hydrogen (secondary N) is 1. The van der Waals surface area contributed by atoms with Gasteiger partial charge in [0.25, 0.3) is 21.6 Å². The van der Waals surface area contributed by atoms with Crippen molar-refractivity contribution in [3.63, 3.8) is 0 Å². The van der Waals surface area contributed by atoms with Gasteiger partial charge >= 0.3 is 0 Å². The van der Waals surface area contributed by atoms with Crippen LogP contribution < -0.4 is 9.73 Å². The first kappa shape index (κ1) is 24.5. The summed E-state index contributed by atoms with van der Waals surface area (Å²) in [6.45, 7) is 2.85. The third-order valence-corrected chi connectivity index (χ3v) is 6.64. The minimum atomic E-state index is -4.19. The molecule has 0 atom stereocenters. The van der Waals surface area contributed by atoms with Crippen LogP contribution in [-0.2, 0) is 14.8 Å². The van der Waals surface area contributed by atoms with E-state index in [1.807, 2.05) is 6.92 Å². The number of hydrazone groups is 1. The highest BCUT2D eigenvalue weighted by atomic mass is 32.2. The first-order chi connectivity index (χ1) is 16.1. The van der Waals surface area contributed by atoms with Crippen LogP contribution in [-0.4, -0.2) is 31.5 Å². The molecule has 34 heavy (non-hydrogen) atoms. The number of benzene rings is 3. The smallest absolute Gasteiger partial charge is 0.269 e. The van der Waals surface area contributed by atoms with Crippen molar-refractivity contribution in [2.75, 3.05) is 10.8 Å². The molecule has 9 nitrogen and oxygen atoms in total. The number of non-ortho nitro benzene ring substituents is 1. The van der Waals surface area contributed by atoms with Crippen LogP contribution in [0.5, 0.6) is 0 Å². The molecule has 3 rings (SSSR count). The molecular formula is C23H21FN4O5S. The largest absolute Gasteiger partial charge is 0.271 e. The fourth-order valence-electron chi connectivity index (χ4n) is 2.96. The molecule has 0 spiro atoms. The number of hydrogen-bond donors (Lipinski definition) is 1. The summed E-state index contributed by atoms with van der Waals surface area (Å²) < 4.78 is 40.7. The minimum absolute atomic E-state index is 0.0830. The van der Waals surface area contributed by atoms with Crippen LogP contribution in [0.25, 0.3) is 0 Å². The molecule has 0 heterocycles. The lowest BCUT2D eigenvalue weighted by Gasteiger charge is -2.24. The number of halogens is 1. The van der Waals surface area contributed by atoms with E-state index in [1.54, 1.807) is 31.2 Å². The number of amides is 1. The summed E-state index contributed by atoms with van der Waals surface area (Å²) in [6, 6.07) is 16.4. The van der Waals surface area contributed by atoms with Crippen LogP contribution in [0.2, 0.25) is 0 Å². The fourth-order valence-corrected chi connectivity index (χ4v) is 4.38. The number of nitrogens with zero attached hydrogens (tertiary/aromatic N) is 3. The van der Waals surface area contributed by atoms with Crippen molar-refractivity contribution in [2.24, 2.45) is 5.10 Å². The quantitative estimate of drug-likeness (QED) is 0.296. The van der Waals surface area contributed by atoms with Gasteiger partial charge in [0.2, 0.25) is 0 Å². The Kier molecular flexibility index (Phi) is 7.37. The van der Waals surface area contributed by atoms with E-state index in [9.17, 15) is 27.7 Å². The molecule has 0 saturated carbocycles. The first-order valence-corrected chi connectivity index (χ1v) is 11.4. The molecule has 1 amide bonds. The summed E-state index contributed by atoms with van der Waals surface area (Å²) >= 11 is 0. The lowest BCUT2D eigenvalue weighted by Crippen LogP contribution is -2.39. The summed E-state index contributed by atoms with van der Waals surface area (Å²) in [6.07, 6.45) is 0. The van der Waals surface area contributed by atoms with Gasteiger partial charge in [0.05, 0.1) is 21.2 Å². The number of carbonyl (C=O) groups is 1. The SMILES string of the molecule is C/C(=N/NC(=O)CN(c1ccc(C)cc1)S(=O)(=O)c1ccc(F)cc1)c1ccc([N+](=O)[O-])cc1. The van der Waals surface area contributed by atoms with Crippen molar-refractivity contribution in [1.29, 1.82) is 0 Å². The maximum atomic E-state index is 13.3. The average molecular weight is 485 g/mol. The van der Waals surface area contributed by atoms with E-state index in [0.717, 1.165) is 34.1 Å². The molecule has 11 heteroatoms. The number of sulfonamides is 1. The molecule has 1 N–H and O–H groups in total. The molecule has 0 bridgehead atoms. The molecule has 0 saturated heterocycles. The second-order valence-electron chi connectivity index (χ2n) is 7.34. The van der Waals surface area contributed by atoms with Gasteiger partial charge in [0.15, 0.2) is 0 Å². The summed E-state index contributed by atoms with van der Waals surface area (Å²) in [5, 5.41) is 14.8. The monoisotopic (exact) mass is 484 g/mol. The highest BCUT2D eigenvalue weighted by Crippen LogP contribution is 2.24. The van der Waals surface area contributed by atoms with E-state index in [2.05, 4.69) is 10.5 Å². The van der Waals surface area contributed by atoms with Gasteiger partial charge in [0.1, 0.15) is 12.4 Å². The van der Waals surface area contributed by atoms with Gasteiger partial charge in [-0.05, 0) is 67.9 Å². The molecule has 0 aliphatic rings. The van der Waals surface area contributed by atoms with Crippen molar-refractivity contribution in [3.05, 3.63) is 99.9 Å². The third kappa shape index (κ3) is 5.81. The van der Waals surface area contributed by atoms with E-state index in [0.29, 0.717) is 11.3 Å². The van der Waals surface area contributed by atoms with E-state index >= 15 is 0 Å². The molecule has 176 valence electrons. The predicted molar refractivity (Wildman–Crippen MR) is 126 cm³/mol. The molecule has 0 aliphatic carbocycles. The second-order valence-corrected chi connectivity index (χ2v) is 9.20. The van der Waals surface area contributed by atoms with Gasteiger partial charge in [-0.2, -0.15) is 5.10 Å². The summed E-state index contributed by atoms with van der Waals surface area (Å²) in [5.74, 6) is -1.30. The number of hydrogen-bond acceptors (Lipinski definition) is 6. The number of nitro benzene ring substituents is 1. The van der Waals surface area contributed by atoms with Crippen molar-refractivity contribution in [2.45, 2.75) is 18.7 Å². The maximum absolute atomic E-state index is 13.3. The lowest BCUT2D eigenvalue weighted by atomic mass is 10.1. The first-order valence-electron chi connectivity index (χ1n) is 10.0. The Hall–Kier alpha value is -4.12. The molecule has 0 fully saturated rings.